The first-order valence-electron chi connectivity index (χ1n) is 5.38. The van der Waals surface area contributed by atoms with Gasteiger partial charge in [0.15, 0.2) is 0 Å². The third-order valence-electron chi connectivity index (χ3n) is 2.42. The van der Waals surface area contributed by atoms with Crippen molar-refractivity contribution < 1.29 is 17.2 Å². The van der Waals surface area contributed by atoms with Gasteiger partial charge >= 0.3 is 0 Å². The Balaban J connectivity index is 2.18. The summed E-state index contributed by atoms with van der Waals surface area (Å²) in [5.74, 6) is 0.347. The molecule has 0 aliphatic carbocycles. The van der Waals surface area contributed by atoms with Gasteiger partial charge in [-0.2, -0.15) is 0 Å². The van der Waals surface area contributed by atoms with E-state index in [-0.39, 0.29) is 11.4 Å². The van der Waals surface area contributed by atoms with Gasteiger partial charge in [0, 0.05) is 4.47 Å². The van der Waals surface area contributed by atoms with Crippen LogP contribution in [0.25, 0.3) is 0 Å². The Morgan fingerprint density at radius 2 is 2.05 bits per heavy atom. The molecule has 0 saturated heterocycles. The fourth-order valence-corrected chi connectivity index (χ4v) is 2.90. The van der Waals surface area contributed by atoms with Gasteiger partial charge in [-0.1, -0.05) is 15.9 Å². The molecule has 1 heterocycles. The molecule has 19 heavy (non-hydrogen) atoms. The first-order valence-corrected chi connectivity index (χ1v) is 7.66. The van der Waals surface area contributed by atoms with Crippen molar-refractivity contribution in [1.29, 1.82) is 0 Å². The Hall–Kier alpha value is -1.18. The summed E-state index contributed by atoms with van der Waals surface area (Å²) in [6, 6.07) is 7.16. The van der Waals surface area contributed by atoms with E-state index in [2.05, 4.69) is 20.7 Å². The number of furan rings is 1. The monoisotopic (exact) mass is 347 g/mol. The minimum Gasteiger partial charge on any atom is -0.465 e. The Morgan fingerprint density at radius 1 is 1.32 bits per heavy atom. The van der Waals surface area contributed by atoms with E-state index in [1.54, 1.807) is 19.1 Å². The maximum Gasteiger partial charge on any atom is 0.243 e. The predicted octanol–water partition coefficient (Wildman–Crippen LogP) is 2.97. The van der Waals surface area contributed by atoms with Gasteiger partial charge in [-0.05, 0) is 37.3 Å². The number of nitrogens with one attached hydrogen (secondary N) is 1. The summed E-state index contributed by atoms with van der Waals surface area (Å²) in [6.45, 7) is 1.73. The van der Waals surface area contributed by atoms with Gasteiger partial charge in [0.1, 0.15) is 22.2 Å². The van der Waals surface area contributed by atoms with Crippen LogP contribution in [0.15, 0.2) is 44.1 Å². The summed E-state index contributed by atoms with van der Waals surface area (Å²) in [5, 5.41) is 0. The summed E-state index contributed by atoms with van der Waals surface area (Å²) in [7, 11) is -3.90. The number of sulfonamides is 1. The highest BCUT2D eigenvalue weighted by Crippen LogP contribution is 2.19. The van der Waals surface area contributed by atoms with E-state index >= 15 is 0 Å². The van der Waals surface area contributed by atoms with E-state index in [0.29, 0.717) is 16.0 Å². The molecule has 0 aliphatic heterocycles. The second-order valence-corrected chi connectivity index (χ2v) is 6.56. The van der Waals surface area contributed by atoms with Crippen LogP contribution in [0.3, 0.4) is 0 Å². The molecule has 0 fully saturated rings. The average Bonchev–Trinajstić information content (AvgIpc) is 2.72. The van der Waals surface area contributed by atoms with Crippen molar-refractivity contribution in [2.75, 3.05) is 0 Å². The summed E-state index contributed by atoms with van der Waals surface area (Å²) in [6.07, 6.45) is 0. The number of hydrogen-bond donors (Lipinski definition) is 1. The minimum absolute atomic E-state index is 0.0221. The predicted molar refractivity (Wildman–Crippen MR) is 71.6 cm³/mol. The van der Waals surface area contributed by atoms with E-state index in [9.17, 15) is 12.8 Å². The van der Waals surface area contributed by atoms with Crippen LogP contribution >= 0.6 is 15.9 Å². The molecule has 2 rings (SSSR count). The molecule has 0 aliphatic rings. The summed E-state index contributed by atoms with van der Waals surface area (Å²) < 4.78 is 45.5. The maximum atomic E-state index is 13.6. The van der Waals surface area contributed by atoms with E-state index in [1.165, 1.54) is 12.1 Å². The van der Waals surface area contributed by atoms with Crippen molar-refractivity contribution in [1.82, 2.24) is 4.72 Å². The molecule has 0 atom stereocenters. The summed E-state index contributed by atoms with van der Waals surface area (Å²) in [4.78, 5) is -0.390. The van der Waals surface area contributed by atoms with E-state index in [4.69, 9.17) is 4.42 Å². The number of benzene rings is 1. The zero-order valence-electron chi connectivity index (χ0n) is 9.98. The molecule has 2 aromatic rings. The lowest BCUT2D eigenvalue weighted by molar-refractivity contribution is 0.474. The SMILES string of the molecule is Cc1ccc(CNS(=O)(=O)c2ccc(Br)cc2F)o1. The molecule has 1 aromatic heterocycles. The van der Waals surface area contributed by atoms with Crippen LogP contribution in [0.1, 0.15) is 11.5 Å². The molecule has 1 aromatic carbocycles. The van der Waals surface area contributed by atoms with Crippen LogP contribution < -0.4 is 4.72 Å². The van der Waals surface area contributed by atoms with Gasteiger partial charge in [-0.25, -0.2) is 17.5 Å². The fourth-order valence-electron chi connectivity index (χ4n) is 1.52. The van der Waals surface area contributed by atoms with Gasteiger partial charge in [0.05, 0.1) is 6.54 Å². The second kappa shape index (κ2) is 5.44. The minimum atomic E-state index is -3.90. The molecule has 0 radical (unpaired) electrons. The maximum absolute atomic E-state index is 13.6. The molecule has 0 spiro atoms. The standard InChI is InChI=1S/C12H11BrFNO3S/c1-8-2-4-10(18-8)7-15-19(16,17)12-5-3-9(13)6-11(12)14/h2-6,15H,7H2,1H3. The number of aryl methyl sites for hydroxylation is 1. The molecular weight excluding hydrogens is 337 g/mol. The van der Waals surface area contributed by atoms with Crippen LogP contribution in [0.5, 0.6) is 0 Å². The Labute approximate surface area is 118 Å². The largest absolute Gasteiger partial charge is 0.465 e. The van der Waals surface area contributed by atoms with Crippen LogP contribution in [0.4, 0.5) is 4.39 Å². The Kier molecular flexibility index (Phi) is 4.07. The molecule has 0 saturated carbocycles. The van der Waals surface area contributed by atoms with Gasteiger partial charge in [-0.15, -0.1) is 0 Å². The molecule has 1 N–H and O–H groups in total. The zero-order chi connectivity index (χ0) is 14.0. The molecule has 0 amide bonds. The number of hydrogen-bond acceptors (Lipinski definition) is 3. The molecule has 0 unspecified atom stereocenters. The molecule has 102 valence electrons. The second-order valence-electron chi connectivity index (χ2n) is 3.91. The normalized spacial score (nSPS) is 11.7. The highest BCUT2D eigenvalue weighted by molar-refractivity contribution is 9.10. The lowest BCUT2D eigenvalue weighted by atomic mass is 10.3. The average molecular weight is 348 g/mol. The highest BCUT2D eigenvalue weighted by Gasteiger charge is 2.19. The van der Waals surface area contributed by atoms with Crippen LogP contribution in [0, 0.1) is 12.7 Å². The Bertz CT molecular complexity index is 697. The molecule has 7 heteroatoms. The quantitative estimate of drug-likeness (QED) is 0.924. The first kappa shape index (κ1) is 14.2. The number of rotatable bonds is 4. The first-order chi connectivity index (χ1) is 8.88. The van der Waals surface area contributed by atoms with Crippen molar-refractivity contribution in [3.8, 4) is 0 Å². The topological polar surface area (TPSA) is 59.3 Å². The van der Waals surface area contributed by atoms with Crippen molar-refractivity contribution in [2.24, 2.45) is 0 Å². The highest BCUT2D eigenvalue weighted by atomic mass is 79.9. The van der Waals surface area contributed by atoms with Crippen LogP contribution in [-0.2, 0) is 16.6 Å². The zero-order valence-corrected chi connectivity index (χ0v) is 12.4. The van der Waals surface area contributed by atoms with Gasteiger partial charge in [0.25, 0.3) is 0 Å². The van der Waals surface area contributed by atoms with E-state index in [0.717, 1.165) is 6.07 Å². The van der Waals surface area contributed by atoms with Crippen molar-refractivity contribution >= 4 is 26.0 Å². The molecule has 0 bridgehead atoms. The third-order valence-corrected chi connectivity index (χ3v) is 4.34. The van der Waals surface area contributed by atoms with E-state index < -0.39 is 15.8 Å². The lowest BCUT2D eigenvalue weighted by Crippen LogP contribution is -2.24. The van der Waals surface area contributed by atoms with Gasteiger partial charge in [-0.3, -0.25) is 0 Å². The molecular formula is C12H11BrFNO3S. The van der Waals surface area contributed by atoms with Gasteiger partial charge < -0.3 is 4.42 Å². The van der Waals surface area contributed by atoms with Crippen LogP contribution in [0.2, 0.25) is 0 Å². The van der Waals surface area contributed by atoms with Crippen molar-refractivity contribution in [2.45, 2.75) is 18.4 Å². The molecule has 4 nitrogen and oxygen atoms in total. The smallest absolute Gasteiger partial charge is 0.243 e. The summed E-state index contributed by atoms with van der Waals surface area (Å²) >= 11 is 3.07. The third kappa shape index (κ3) is 3.43. The summed E-state index contributed by atoms with van der Waals surface area (Å²) in [5.41, 5.74) is 0. The van der Waals surface area contributed by atoms with E-state index in [1.807, 2.05) is 0 Å². The van der Waals surface area contributed by atoms with Gasteiger partial charge in [0.2, 0.25) is 10.0 Å². The van der Waals surface area contributed by atoms with Crippen LogP contribution in [-0.4, -0.2) is 8.42 Å². The number of halogens is 2. The van der Waals surface area contributed by atoms with Crippen molar-refractivity contribution in [3.63, 3.8) is 0 Å². The Morgan fingerprint density at radius 3 is 2.63 bits per heavy atom. The van der Waals surface area contributed by atoms with Crippen molar-refractivity contribution in [3.05, 3.63) is 52.1 Å². The lowest BCUT2D eigenvalue weighted by Gasteiger charge is -2.06. The fraction of sp³-hybridized carbons (Fsp3) is 0.167.